The fourth-order valence-corrected chi connectivity index (χ4v) is 2.81. The maximum absolute atomic E-state index is 12.1. The average Bonchev–Trinajstić information content (AvgIpc) is 3.07. The summed E-state index contributed by atoms with van der Waals surface area (Å²) in [6.07, 6.45) is 3.13. The highest BCUT2D eigenvalue weighted by Crippen LogP contribution is 2.29. The van der Waals surface area contributed by atoms with Gasteiger partial charge in [0.25, 0.3) is 0 Å². The second kappa shape index (κ2) is 5.49. The van der Waals surface area contributed by atoms with Crippen molar-refractivity contribution in [3.8, 4) is 17.5 Å². The van der Waals surface area contributed by atoms with E-state index in [2.05, 4.69) is 21.3 Å². The summed E-state index contributed by atoms with van der Waals surface area (Å²) in [5, 5.41) is 27.2. The van der Waals surface area contributed by atoms with Gasteiger partial charge >= 0.3 is 11.6 Å². The summed E-state index contributed by atoms with van der Waals surface area (Å²) < 4.78 is 6.72. The molecular weight excluding hydrogens is 338 g/mol. The van der Waals surface area contributed by atoms with Gasteiger partial charge in [-0.05, 0) is 30.7 Å². The Balaban J connectivity index is 2.25. The van der Waals surface area contributed by atoms with E-state index in [0.29, 0.717) is 22.3 Å². The lowest BCUT2D eigenvalue weighted by Gasteiger charge is -2.08. The summed E-state index contributed by atoms with van der Waals surface area (Å²) >= 11 is 0. The third-order valence-corrected chi connectivity index (χ3v) is 4.08. The van der Waals surface area contributed by atoms with Crippen LogP contribution in [0.4, 0.5) is 0 Å². The van der Waals surface area contributed by atoms with Crippen molar-refractivity contribution >= 4 is 22.7 Å². The van der Waals surface area contributed by atoms with Crippen LogP contribution in [0.15, 0.2) is 39.8 Å². The molecule has 0 radical (unpaired) electrons. The van der Waals surface area contributed by atoms with Crippen LogP contribution in [0.2, 0.25) is 0 Å². The van der Waals surface area contributed by atoms with E-state index in [9.17, 15) is 20.0 Å². The Hall–Kier alpha value is -4.06. The first-order valence-electron chi connectivity index (χ1n) is 7.42. The Kier molecular flexibility index (Phi) is 3.27. The topological polar surface area (TPSA) is 134 Å². The van der Waals surface area contributed by atoms with Crippen LogP contribution in [-0.2, 0) is 0 Å². The molecular formula is C17H9N5O4. The molecule has 0 saturated carbocycles. The first-order chi connectivity index (χ1) is 12.5. The number of aromatic carboxylic acids is 1. The predicted octanol–water partition coefficient (Wildman–Crippen LogP) is 1.78. The molecule has 0 aliphatic heterocycles. The third kappa shape index (κ3) is 2.06. The van der Waals surface area contributed by atoms with Crippen molar-refractivity contribution in [1.82, 2.24) is 19.6 Å². The van der Waals surface area contributed by atoms with Crippen molar-refractivity contribution in [3.63, 3.8) is 0 Å². The molecule has 4 aromatic heterocycles. The normalized spacial score (nSPS) is 10.9. The summed E-state index contributed by atoms with van der Waals surface area (Å²) in [6, 6.07) is 6.64. The van der Waals surface area contributed by atoms with Crippen molar-refractivity contribution in [1.29, 1.82) is 5.26 Å². The average molecular weight is 347 g/mol. The number of rotatable bonds is 2. The molecule has 0 aliphatic rings. The van der Waals surface area contributed by atoms with Crippen LogP contribution in [0.25, 0.3) is 28.1 Å². The van der Waals surface area contributed by atoms with Gasteiger partial charge in [0.2, 0.25) is 5.71 Å². The van der Waals surface area contributed by atoms with E-state index >= 15 is 0 Å². The maximum atomic E-state index is 12.1. The van der Waals surface area contributed by atoms with Gasteiger partial charge in [-0.1, -0.05) is 0 Å². The van der Waals surface area contributed by atoms with Gasteiger partial charge in [-0.3, -0.25) is 4.98 Å². The SMILES string of the molecule is Cc1c(C#N)c2nnc(-c3ccncc3)n2c2oc(=O)c(C(=O)O)cc12. The number of nitrogens with zero attached hydrogens (tertiary/aromatic N) is 5. The third-order valence-electron chi connectivity index (χ3n) is 4.08. The van der Waals surface area contributed by atoms with Gasteiger partial charge in [-0.2, -0.15) is 5.26 Å². The van der Waals surface area contributed by atoms with Crippen molar-refractivity contribution in [2.24, 2.45) is 0 Å². The molecule has 126 valence electrons. The number of hydrogen-bond donors (Lipinski definition) is 1. The fraction of sp³-hybridized carbons (Fsp3) is 0.0588. The highest BCUT2D eigenvalue weighted by molar-refractivity contribution is 5.94. The smallest absolute Gasteiger partial charge is 0.352 e. The molecule has 0 atom stereocenters. The van der Waals surface area contributed by atoms with E-state index in [1.807, 2.05) is 0 Å². The molecule has 0 saturated heterocycles. The van der Waals surface area contributed by atoms with Gasteiger partial charge in [0.1, 0.15) is 17.2 Å². The summed E-state index contributed by atoms with van der Waals surface area (Å²) in [5.74, 6) is -1.06. The molecule has 9 nitrogen and oxygen atoms in total. The Bertz CT molecular complexity index is 1300. The Morgan fingerprint density at radius 1 is 1.31 bits per heavy atom. The summed E-state index contributed by atoms with van der Waals surface area (Å²) in [4.78, 5) is 27.3. The summed E-state index contributed by atoms with van der Waals surface area (Å²) in [5.41, 5.74) is 0.0999. The van der Waals surface area contributed by atoms with E-state index in [1.54, 1.807) is 31.5 Å². The van der Waals surface area contributed by atoms with Crippen molar-refractivity contribution in [2.45, 2.75) is 6.92 Å². The summed E-state index contributed by atoms with van der Waals surface area (Å²) in [6.45, 7) is 1.63. The Morgan fingerprint density at radius 2 is 2.04 bits per heavy atom. The zero-order valence-electron chi connectivity index (χ0n) is 13.3. The number of nitriles is 1. The molecule has 4 heterocycles. The minimum absolute atomic E-state index is 0.0725. The first kappa shape index (κ1) is 15.5. The van der Waals surface area contributed by atoms with Crippen molar-refractivity contribution < 1.29 is 14.3 Å². The van der Waals surface area contributed by atoms with Crippen LogP contribution in [0.3, 0.4) is 0 Å². The van der Waals surface area contributed by atoms with Crippen LogP contribution in [0, 0.1) is 18.3 Å². The van der Waals surface area contributed by atoms with Crippen LogP contribution >= 0.6 is 0 Å². The monoisotopic (exact) mass is 347 g/mol. The number of fused-ring (bicyclic) bond motifs is 3. The number of carboxylic acid groups (broad SMARTS) is 1. The predicted molar refractivity (Wildman–Crippen MR) is 88.7 cm³/mol. The minimum Gasteiger partial charge on any atom is -0.477 e. The van der Waals surface area contributed by atoms with Crippen molar-refractivity contribution in [3.05, 3.63) is 57.7 Å². The Morgan fingerprint density at radius 3 is 2.69 bits per heavy atom. The van der Waals surface area contributed by atoms with Gasteiger partial charge in [0.05, 0.1) is 0 Å². The lowest BCUT2D eigenvalue weighted by atomic mass is 10.1. The van der Waals surface area contributed by atoms with E-state index in [1.165, 1.54) is 10.5 Å². The highest BCUT2D eigenvalue weighted by atomic mass is 16.4. The van der Waals surface area contributed by atoms with Crippen molar-refractivity contribution in [2.75, 3.05) is 0 Å². The van der Waals surface area contributed by atoms with E-state index in [-0.39, 0.29) is 16.9 Å². The molecule has 4 rings (SSSR count). The maximum Gasteiger partial charge on any atom is 0.352 e. The zero-order valence-corrected chi connectivity index (χ0v) is 13.3. The van der Waals surface area contributed by atoms with E-state index < -0.39 is 17.2 Å². The van der Waals surface area contributed by atoms with Crippen LogP contribution in [0.1, 0.15) is 21.5 Å². The van der Waals surface area contributed by atoms with Gasteiger partial charge < -0.3 is 9.52 Å². The zero-order chi connectivity index (χ0) is 18.4. The van der Waals surface area contributed by atoms with Crippen LogP contribution < -0.4 is 5.63 Å². The molecule has 0 unspecified atom stereocenters. The van der Waals surface area contributed by atoms with Gasteiger partial charge in [0, 0.05) is 23.3 Å². The number of aromatic nitrogens is 4. The second-order valence-corrected chi connectivity index (χ2v) is 5.50. The summed E-state index contributed by atoms with van der Waals surface area (Å²) in [7, 11) is 0. The minimum atomic E-state index is -1.41. The van der Waals surface area contributed by atoms with E-state index in [4.69, 9.17) is 4.42 Å². The van der Waals surface area contributed by atoms with Crippen LogP contribution in [0.5, 0.6) is 0 Å². The molecule has 9 heteroatoms. The number of pyridine rings is 2. The molecule has 0 fully saturated rings. The Labute approximate surface area is 144 Å². The second-order valence-electron chi connectivity index (χ2n) is 5.50. The molecule has 26 heavy (non-hydrogen) atoms. The van der Waals surface area contributed by atoms with Gasteiger partial charge in [-0.25, -0.2) is 14.0 Å². The number of hydrogen-bond acceptors (Lipinski definition) is 7. The molecule has 0 bridgehead atoms. The standard InChI is InChI=1S/C17H9N5O4/c1-8-10-6-11(16(23)24)17(25)26-15(10)22-13(9-2-4-19-5-3-9)20-21-14(22)12(8)7-18/h2-6H,1H3,(H,23,24). The lowest BCUT2D eigenvalue weighted by molar-refractivity contribution is 0.0692. The number of aryl methyl sites for hydroxylation is 1. The molecule has 0 amide bonds. The van der Waals surface area contributed by atoms with E-state index in [0.717, 1.165) is 0 Å². The molecule has 1 N–H and O–H groups in total. The first-order valence-corrected chi connectivity index (χ1v) is 7.42. The van der Waals surface area contributed by atoms with Crippen LogP contribution in [-0.4, -0.2) is 30.7 Å². The largest absolute Gasteiger partial charge is 0.477 e. The fourth-order valence-electron chi connectivity index (χ4n) is 2.81. The highest BCUT2D eigenvalue weighted by Gasteiger charge is 2.22. The van der Waals surface area contributed by atoms with Gasteiger partial charge in [-0.15, -0.1) is 10.2 Å². The van der Waals surface area contributed by atoms with Gasteiger partial charge in [0.15, 0.2) is 11.5 Å². The number of carboxylic acids is 1. The molecule has 0 aliphatic carbocycles. The number of carbonyl (C=O) groups is 1. The lowest BCUT2D eigenvalue weighted by Crippen LogP contribution is -2.14. The molecule has 0 aromatic carbocycles. The quantitative estimate of drug-likeness (QED) is 0.580. The molecule has 0 spiro atoms. The molecule has 4 aromatic rings.